The zero-order chi connectivity index (χ0) is 20.5. The van der Waals surface area contributed by atoms with Gasteiger partial charge in [-0.05, 0) is 57.4 Å². The molecule has 29 heavy (non-hydrogen) atoms. The van der Waals surface area contributed by atoms with Gasteiger partial charge >= 0.3 is 0 Å². The number of hydrogen-bond donors (Lipinski definition) is 0. The van der Waals surface area contributed by atoms with E-state index in [1.165, 1.54) is 0 Å². The maximum atomic E-state index is 12.9. The maximum Gasteiger partial charge on any atom is 0.231 e. The SMILES string of the molecule is CCN(Cc1ccc2c(c1)OCO2)C(=O)CCc1c(C)nc2cc(C)nn2c1C. The summed E-state index contributed by atoms with van der Waals surface area (Å²) in [6, 6.07) is 7.80. The molecule has 0 radical (unpaired) electrons. The Morgan fingerprint density at radius 3 is 2.76 bits per heavy atom. The van der Waals surface area contributed by atoms with Crippen LogP contribution in [0.4, 0.5) is 0 Å². The first kappa shape index (κ1) is 19.2. The second-order valence-electron chi connectivity index (χ2n) is 7.41. The van der Waals surface area contributed by atoms with Crippen molar-refractivity contribution >= 4 is 11.6 Å². The number of aryl methyl sites for hydroxylation is 3. The molecule has 0 atom stereocenters. The molecule has 0 saturated heterocycles. The van der Waals surface area contributed by atoms with E-state index in [0.717, 1.165) is 45.4 Å². The van der Waals surface area contributed by atoms with E-state index in [1.54, 1.807) is 0 Å². The molecule has 0 spiro atoms. The minimum atomic E-state index is 0.126. The van der Waals surface area contributed by atoms with Gasteiger partial charge in [-0.25, -0.2) is 9.50 Å². The molecule has 1 aromatic carbocycles. The quantitative estimate of drug-likeness (QED) is 0.641. The number of amides is 1. The molecular formula is C22H26N4O3. The van der Waals surface area contributed by atoms with Gasteiger partial charge in [0.2, 0.25) is 12.7 Å². The first-order valence-corrected chi connectivity index (χ1v) is 9.95. The van der Waals surface area contributed by atoms with Crippen LogP contribution < -0.4 is 9.47 Å². The minimum absolute atomic E-state index is 0.126. The normalized spacial score (nSPS) is 12.6. The van der Waals surface area contributed by atoms with Gasteiger partial charge in [0.15, 0.2) is 17.1 Å². The lowest BCUT2D eigenvalue weighted by molar-refractivity contribution is -0.131. The Morgan fingerprint density at radius 1 is 1.17 bits per heavy atom. The molecule has 7 heteroatoms. The number of nitrogens with zero attached hydrogens (tertiary/aromatic N) is 4. The minimum Gasteiger partial charge on any atom is -0.454 e. The molecule has 1 aliphatic rings. The Balaban J connectivity index is 1.46. The predicted molar refractivity (Wildman–Crippen MR) is 109 cm³/mol. The van der Waals surface area contributed by atoms with Crippen molar-refractivity contribution in [1.82, 2.24) is 19.5 Å². The smallest absolute Gasteiger partial charge is 0.231 e. The fourth-order valence-electron chi connectivity index (χ4n) is 3.83. The number of aromatic nitrogens is 3. The summed E-state index contributed by atoms with van der Waals surface area (Å²) in [6.45, 7) is 9.46. The second kappa shape index (κ2) is 7.73. The molecule has 0 fully saturated rings. The van der Waals surface area contributed by atoms with Crippen molar-refractivity contribution in [2.75, 3.05) is 13.3 Å². The van der Waals surface area contributed by atoms with Crippen LogP contribution in [0.5, 0.6) is 11.5 Å². The van der Waals surface area contributed by atoms with E-state index in [1.807, 2.05) is 61.4 Å². The lowest BCUT2D eigenvalue weighted by Crippen LogP contribution is -2.30. The monoisotopic (exact) mass is 394 g/mol. The zero-order valence-electron chi connectivity index (χ0n) is 17.4. The van der Waals surface area contributed by atoms with Gasteiger partial charge in [0.1, 0.15) is 0 Å². The Hall–Kier alpha value is -3.09. The number of fused-ring (bicyclic) bond motifs is 2. The second-order valence-corrected chi connectivity index (χ2v) is 7.41. The van der Waals surface area contributed by atoms with Crippen LogP contribution in [0.1, 0.15) is 41.6 Å². The van der Waals surface area contributed by atoms with E-state index in [4.69, 9.17) is 9.47 Å². The third kappa shape index (κ3) is 3.77. The number of benzene rings is 1. The topological polar surface area (TPSA) is 69.0 Å². The Kier molecular flexibility index (Phi) is 5.13. The molecule has 0 bridgehead atoms. The van der Waals surface area contributed by atoms with Crippen molar-refractivity contribution in [3.05, 3.63) is 52.5 Å². The summed E-state index contributed by atoms with van der Waals surface area (Å²) in [7, 11) is 0. The van der Waals surface area contributed by atoms with Crippen molar-refractivity contribution < 1.29 is 14.3 Å². The molecule has 3 heterocycles. The Bertz CT molecular complexity index is 1070. The number of carbonyl (C=O) groups excluding carboxylic acids is 1. The maximum absolute atomic E-state index is 12.9. The van der Waals surface area contributed by atoms with E-state index in [2.05, 4.69) is 10.1 Å². The molecule has 0 saturated carbocycles. The number of carbonyl (C=O) groups is 1. The van der Waals surface area contributed by atoms with Crippen LogP contribution in [0.15, 0.2) is 24.3 Å². The standard InChI is InChI=1S/C22H26N4O3/c1-5-25(12-17-6-8-19-20(11-17)29-13-28-19)22(27)9-7-18-15(3)23-21-10-14(2)24-26(21)16(18)4/h6,8,10-11H,5,7,9,12-13H2,1-4H3. The predicted octanol–water partition coefficient (Wildman–Crippen LogP) is 3.36. The van der Waals surface area contributed by atoms with Crippen molar-refractivity contribution in [3.8, 4) is 11.5 Å². The van der Waals surface area contributed by atoms with Crippen LogP contribution in [0.3, 0.4) is 0 Å². The Labute approximate surface area is 170 Å². The fraction of sp³-hybridized carbons (Fsp3) is 0.409. The summed E-state index contributed by atoms with van der Waals surface area (Å²) in [5, 5.41) is 4.51. The van der Waals surface area contributed by atoms with Crippen molar-refractivity contribution in [2.24, 2.45) is 0 Å². The summed E-state index contributed by atoms with van der Waals surface area (Å²) in [5.41, 5.74) is 5.92. The lowest BCUT2D eigenvalue weighted by atomic mass is 10.1. The van der Waals surface area contributed by atoms with Gasteiger partial charge in [-0.1, -0.05) is 6.07 Å². The van der Waals surface area contributed by atoms with E-state index in [0.29, 0.717) is 25.9 Å². The van der Waals surface area contributed by atoms with Crippen LogP contribution in [0.25, 0.3) is 5.65 Å². The largest absolute Gasteiger partial charge is 0.454 e. The lowest BCUT2D eigenvalue weighted by Gasteiger charge is -2.21. The summed E-state index contributed by atoms with van der Waals surface area (Å²) in [5.74, 6) is 1.62. The molecule has 0 unspecified atom stereocenters. The molecule has 0 aliphatic carbocycles. The third-order valence-corrected chi connectivity index (χ3v) is 5.42. The van der Waals surface area contributed by atoms with E-state index in [-0.39, 0.29) is 12.7 Å². The van der Waals surface area contributed by atoms with Gasteiger partial charge in [-0.2, -0.15) is 5.10 Å². The van der Waals surface area contributed by atoms with Gasteiger partial charge < -0.3 is 14.4 Å². The van der Waals surface area contributed by atoms with Gasteiger partial charge in [0.25, 0.3) is 0 Å². The molecule has 1 amide bonds. The number of ether oxygens (including phenoxy) is 2. The van der Waals surface area contributed by atoms with Crippen molar-refractivity contribution in [3.63, 3.8) is 0 Å². The van der Waals surface area contributed by atoms with Crippen LogP contribution in [0, 0.1) is 20.8 Å². The van der Waals surface area contributed by atoms with E-state index >= 15 is 0 Å². The third-order valence-electron chi connectivity index (χ3n) is 5.42. The van der Waals surface area contributed by atoms with Gasteiger partial charge in [0.05, 0.1) is 5.69 Å². The fourth-order valence-corrected chi connectivity index (χ4v) is 3.83. The van der Waals surface area contributed by atoms with Crippen LogP contribution in [-0.4, -0.2) is 38.7 Å². The average Bonchev–Trinajstić information content (AvgIpc) is 3.31. The summed E-state index contributed by atoms with van der Waals surface area (Å²) in [6.07, 6.45) is 1.09. The molecular weight excluding hydrogens is 368 g/mol. The highest BCUT2D eigenvalue weighted by Crippen LogP contribution is 2.32. The highest BCUT2D eigenvalue weighted by molar-refractivity contribution is 5.76. The van der Waals surface area contributed by atoms with Crippen LogP contribution >= 0.6 is 0 Å². The molecule has 152 valence electrons. The first-order chi connectivity index (χ1) is 14.0. The van der Waals surface area contributed by atoms with Gasteiger partial charge in [-0.15, -0.1) is 0 Å². The van der Waals surface area contributed by atoms with Crippen molar-refractivity contribution in [2.45, 2.75) is 47.1 Å². The molecule has 4 rings (SSSR count). The summed E-state index contributed by atoms with van der Waals surface area (Å²) < 4.78 is 12.7. The highest BCUT2D eigenvalue weighted by atomic mass is 16.7. The summed E-state index contributed by atoms with van der Waals surface area (Å²) >= 11 is 0. The van der Waals surface area contributed by atoms with Crippen LogP contribution in [0.2, 0.25) is 0 Å². The first-order valence-electron chi connectivity index (χ1n) is 9.95. The average molecular weight is 394 g/mol. The number of hydrogen-bond acceptors (Lipinski definition) is 5. The van der Waals surface area contributed by atoms with E-state index < -0.39 is 0 Å². The number of rotatable bonds is 6. The van der Waals surface area contributed by atoms with Gasteiger partial charge in [0, 0.05) is 37.0 Å². The summed E-state index contributed by atoms with van der Waals surface area (Å²) in [4.78, 5) is 19.4. The van der Waals surface area contributed by atoms with Crippen molar-refractivity contribution in [1.29, 1.82) is 0 Å². The molecule has 1 aliphatic heterocycles. The Morgan fingerprint density at radius 2 is 1.97 bits per heavy atom. The van der Waals surface area contributed by atoms with Crippen LogP contribution in [-0.2, 0) is 17.8 Å². The molecule has 2 aromatic heterocycles. The molecule has 7 nitrogen and oxygen atoms in total. The zero-order valence-corrected chi connectivity index (χ0v) is 17.4. The molecule has 3 aromatic rings. The van der Waals surface area contributed by atoms with Gasteiger partial charge in [-0.3, -0.25) is 4.79 Å². The molecule has 0 N–H and O–H groups in total. The highest BCUT2D eigenvalue weighted by Gasteiger charge is 2.18. The van der Waals surface area contributed by atoms with E-state index in [9.17, 15) is 4.79 Å².